The standard InChI is InChI=1S/C20H26N2O13/c1-31-12-8(24)11(27)20(33-13-9(25)10(26)19(32-2)35-15(13)18(29)30)34-14(12)17(28)22-16-7(6-23)4-3-5-21-16/h3-6,8-15,19-20,24-27H,1-2H3,(H,29,30)(H,21,22,28). The van der Waals surface area contributed by atoms with E-state index < -0.39 is 73.3 Å². The van der Waals surface area contributed by atoms with Crippen LogP contribution in [0, 0.1) is 0 Å². The maximum Gasteiger partial charge on any atom is 0.335 e. The topological polar surface area (TPSA) is 223 Å². The molecule has 194 valence electrons. The highest BCUT2D eigenvalue weighted by molar-refractivity contribution is 5.97. The van der Waals surface area contributed by atoms with E-state index in [1.165, 1.54) is 18.3 Å². The van der Waals surface area contributed by atoms with Gasteiger partial charge in [0.15, 0.2) is 31.1 Å². The van der Waals surface area contributed by atoms with Crippen LogP contribution >= 0.6 is 0 Å². The minimum atomic E-state index is -1.88. The number of aromatic nitrogens is 1. The van der Waals surface area contributed by atoms with E-state index in [1.54, 1.807) is 0 Å². The van der Waals surface area contributed by atoms with E-state index in [9.17, 15) is 39.9 Å². The summed E-state index contributed by atoms with van der Waals surface area (Å²) in [5, 5.41) is 53.4. The Balaban J connectivity index is 1.84. The van der Waals surface area contributed by atoms with E-state index in [1.807, 2.05) is 0 Å². The van der Waals surface area contributed by atoms with Gasteiger partial charge in [0.1, 0.15) is 42.4 Å². The van der Waals surface area contributed by atoms with Gasteiger partial charge in [-0.25, -0.2) is 9.78 Å². The molecule has 6 N–H and O–H groups in total. The van der Waals surface area contributed by atoms with Crippen LogP contribution < -0.4 is 5.32 Å². The normalized spacial score (nSPS) is 37.4. The van der Waals surface area contributed by atoms with E-state index >= 15 is 0 Å². The van der Waals surface area contributed by atoms with Crippen LogP contribution in [0.2, 0.25) is 0 Å². The fourth-order valence-corrected chi connectivity index (χ4v) is 3.77. The van der Waals surface area contributed by atoms with Crippen LogP contribution in [0.3, 0.4) is 0 Å². The molecule has 0 spiro atoms. The molecule has 2 aliphatic rings. The molecule has 35 heavy (non-hydrogen) atoms. The number of nitrogens with zero attached hydrogens (tertiary/aromatic N) is 1. The fourth-order valence-electron chi connectivity index (χ4n) is 3.77. The number of carboxylic acids is 1. The first-order valence-electron chi connectivity index (χ1n) is 10.3. The number of aldehydes is 1. The summed E-state index contributed by atoms with van der Waals surface area (Å²) < 4.78 is 25.9. The number of aliphatic carboxylic acids is 1. The molecule has 1 aromatic rings. The van der Waals surface area contributed by atoms with Crippen LogP contribution in [-0.2, 0) is 33.3 Å². The molecule has 3 rings (SSSR count). The zero-order valence-corrected chi connectivity index (χ0v) is 18.5. The number of carboxylic acid groups (broad SMARTS) is 1. The summed E-state index contributed by atoms with van der Waals surface area (Å²) in [5.41, 5.74) is 0.0486. The largest absolute Gasteiger partial charge is 0.479 e. The van der Waals surface area contributed by atoms with Crippen molar-refractivity contribution in [2.24, 2.45) is 0 Å². The third-order valence-corrected chi connectivity index (χ3v) is 5.59. The first kappa shape index (κ1) is 27.0. The van der Waals surface area contributed by atoms with Gasteiger partial charge in [-0.15, -0.1) is 0 Å². The second-order valence-electron chi connectivity index (χ2n) is 7.74. The average Bonchev–Trinajstić information content (AvgIpc) is 2.84. The summed E-state index contributed by atoms with van der Waals surface area (Å²) in [6, 6.07) is 2.86. The Morgan fingerprint density at radius 3 is 2.20 bits per heavy atom. The lowest BCUT2D eigenvalue weighted by atomic mass is 9.96. The number of nitrogens with one attached hydrogen (secondary N) is 1. The number of carbonyl (C=O) groups excluding carboxylic acids is 2. The van der Waals surface area contributed by atoms with Gasteiger partial charge in [-0.3, -0.25) is 9.59 Å². The zero-order valence-electron chi connectivity index (χ0n) is 18.5. The third kappa shape index (κ3) is 5.48. The second-order valence-corrected chi connectivity index (χ2v) is 7.74. The van der Waals surface area contributed by atoms with E-state index in [4.69, 9.17) is 23.7 Å². The number of hydrogen-bond donors (Lipinski definition) is 6. The Hall–Kier alpha value is -2.60. The lowest BCUT2D eigenvalue weighted by molar-refractivity contribution is -0.348. The molecule has 0 radical (unpaired) electrons. The van der Waals surface area contributed by atoms with Gasteiger partial charge in [0.05, 0.1) is 5.56 Å². The van der Waals surface area contributed by atoms with Crippen molar-refractivity contribution in [1.29, 1.82) is 0 Å². The fraction of sp³-hybridized carbons (Fsp3) is 0.600. The summed E-state index contributed by atoms with van der Waals surface area (Å²) in [6.45, 7) is 0. The molecular formula is C20H26N2O13. The molecule has 10 atom stereocenters. The van der Waals surface area contributed by atoms with Crippen molar-refractivity contribution in [2.75, 3.05) is 19.5 Å². The van der Waals surface area contributed by atoms with Crippen molar-refractivity contribution in [2.45, 2.75) is 61.4 Å². The van der Waals surface area contributed by atoms with Crippen LogP contribution in [0.1, 0.15) is 10.4 Å². The van der Waals surface area contributed by atoms with Crippen LogP contribution in [-0.4, -0.2) is 124 Å². The number of carbonyl (C=O) groups is 3. The minimum absolute atomic E-state index is 0.0486. The van der Waals surface area contributed by atoms with Gasteiger partial charge in [0, 0.05) is 20.4 Å². The number of amides is 1. The van der Waals surface area contributed by atoms with Crippen molar-refractivity contribution in [1.82, 2.24) is 4.98 Å². The first-order chi connectivity index (χ1) is 16.6. The monoisotopic (exact) mass is 502 g/mol. The molecule has 0 aromatic carbocycles. The summed E-state index contributed by atoms with van der Waals surface area (Å²) >= 11 is 0. The molecule has 2 saturated heterocycles. The van der Waals surface area contributed by atoms with Gasteiger partial charge in [0.2, 0.25) is 0 Å². The zero-order chi connectivity index (χ0) is 25.9. The number of aliphatic hydroxyl groups is 4. The number of anilines is 1. The van der Waals surface area contributed by atoms with Gasteiger partial charge in [-0.2, -0.15) is 0 Å². The Labute approximate surface area is 198 Å². The minimum Gasteiger partial charge on any atom is -0.479 e. The van der Waals surface area contributed by atoms with Gasteiger partial charge < -0.3 is 54.5 Å². The number of rotatable bonds is 8. The lowest BCUT2D eigenvalue weighted by Crippen LogP contribution is -2.66. The first-order valence-corrected chi connectivity index (χ1v) is 10.3. The van der Waals surface area contributed by atoms with E-state index in [-0.39, 0.29) is 11.4 Å². The SMILES string of the molecule is COC1OC(C(=O)O)C(OC2OC(C(=O)Nc3ncccc3C=O)C(OC)C(O)C2O)C(O)C1O. The molecule has 10 unspecified atom stereocenters. The molecular weight excluding hydrogens is 476 g/mol. The number of ether oxygens (including phenoxy) is 5. The van der Waals surface area contributed by atoms with Gasteiger partial charge in [-0.1, -0.05) is 0 Å². The van der Waals surface area contributed by atoms with E-state index in [0.717, 1.165) is 14.2 Å². The Bertz CT molecular complexity index is 917. The summed E-state index contributed by atoms with van der Waals surface area (Å²) in [6.07, 6.45) is -15.6. The Morgan fingerprint density at radius 2 is 1.60 bits per heavy atom. The molecule has 15 heteroatoms. The van der Waals surface area contributed by atoms with Crippen molar-refractivity contribution < 1.29 is 63.6 Å². The number of hydrogen-bond acceptors (Lipinski definition) is 13. The molecule has 2 fully saturated rings. The lowest BCUT2D eigenvalue weighted by Gasteiger charge is -2.45. The van der Waals surface area contributed by atoms with Gasteiger partial charge in [0.25, 0.3) is 5.91 Å². The Kier molecular flexibility index (Phi) is 8.81. The molecule has 0 aliphatic carbocycles. The summed E-state index contributed by atoms with van der Waals surface area (Å²) in [7, 11) is 2.26. The van der Waals surface area contributed by atoms with Crippen LogP contribution in [0.4, 0.5) is 5.82 Å². The van der Waals surface area contributed by atoms with Crippen molar-refractivity contribution in [3.63, 3.8) is 0 Å². The average molecular weight is 502 g/mol. The van der Waals surface area contributed by atoms with Crippen molar-refractivity contribution >= 4 is 24.0 Å². The highest BCUT2D eigenvalue weighted by Crippen LogP contribution is 2.30. The van der Waals surface area contributed by atoms with E-state index in [2.05, 4.69) is 10.3 Å². The smallest absolute Gasteiger partial charge is 0.335 e. The van der Waals surface area contributed by atoms with E-state index in [0.29, 0.717) is 6.29 Å². The quantitative estimate of drug-likeness (QED) is 0.193. The maximum absolute atomic E-state index is 12.9. The molecule has 1 amide bonds. The maximum atomic E-state index is 12.9. The molecule has 0 saturated carbocycles. The molecule has 1 aromatic heterocycles. The predicted molar refractivity (Wildman–Crippen MR) is 110 cm³/mol. The highest BCUT2D eigenvalue weighted by Gasteiger charge is 2.54. The molecule has 2 aliphatic heterocycles. The number of pyridine rings is 1. The second kappa shape index (κ2) is 11.4. The van der Waals surface area contributed by atoms with Crippen molar-refractivity contribution in [3.05, 3.63) is 23.9 Å². The summed E-state index contributed by atoms with van der Waals surface area (Å²) in [4.78, 5) is 39.7. The predicted octanol–water partition coefficient (Wildman–Crippen LogP) is -3.14. The molecule has 15 nitrogen and oxygen atoms in total. The van der Waals surface area contributed by atoms with Crippen LogP contribution in [0.25, 0.3) is 0 Å². The molecule has 3 heterocycles. The summed E-state index contributed by atoms with van der Waals surface area (Å²) in [5.74, 6) is -2.64. The number of methoxy groups -OCH3 is 2. The molecule has 0 bridgehead atoms. The van der Waals surface area contributed by atoms with Gasteiger partial charge in [-0.05, 0) is 12.1 Å². The third-order valence-electron chi connectivity index (χ3n) is 5.59. The highest BCUT2D eigenvalue weighted by atomic mass is 16.7. The number of aliphatic hydroxyl groups excluding tert-OH is 4. The van der Waals surface area contributed by atoms with Crippen LogP contribution in [0.5, 0.6) is 0 Å². The van der Waals surface area contributed by atoms with Crippen molar-refractivity contribution in [3.8, 4) is 0 Å². The van der Waals surface area contributed by atoms with Gasteiger partial charge >= 0.3 is 5.97 Å². The Morgan fingerprint density at radius 1 is 0.971 bits per heavy atom. The van der Waals surface area contributed by atoms with Crippen LogP contribution in [0.15, 0.2) is 18.3 Å².